The van der Waals surface area contributed by atoms with Gasteiger partial charge in [0.05, 0.1) is 0 Å². The number of nitrogens with one attached hydrogen (secondary N) is 1. The van der Waals surface area contributed by atoms with Gasteiger partial charge in [-0.3, -0.25) is 19.4 Å². The van der Waals surface area contributed by atoms with Crippen molar-refractivity contribution in [1.82, 2.24) is 10.2 Å². The minimum absolute atomic E-state index is 0.112. The third-order valence-corrected chi connectivity index (χ3v) is 7.14. The van der Waals surface area contributed by atoms with Crippen LogP contribution in [0.25, 0.3) is 0 Å². The monoisotopic (exact) mass is 471 g/mol. The van der Waals surface area contributed by atoms with Crippen LogP contribution in [0.2, 0.25) is 0 Å². The first kappa shape index (κ1) is 23.2. The molecule has 6 heteroatoms. The van der Waals surface area contributed by atoms with E-state index >= 15 is 0 Å². The van der Waals surface area contributed by atoms with Crippen molar-refractivity contribution >= 4 is 17.5 Å². The van der Waals surface area contributed by atoms with E-state index in [2.05, 4.69) is 10.2 Å². The fourth-order valence-corrected chi connectivity index (χ4v) is 5.15. The molecule has 35 heavy (non-hydrogen) atoms. The maximum atomic E-state index is 14.0. The zero-order chi connectivity index (χ0) is 24.2. The van der Waals surface area contributed by atoms with Crippen LogP contribution in [-0.2, 0) is 17.8 Å². The average Bonchev–Trinajstić information content (AvgIpc) is 3.29. The number of rotatable bonds is 6. The summed E-state index contributed by atoms with van der Waals surface area (Å²) in [5, 5.41) is 3.13. The molecule has 2 aliphatic heterocycles. The number of anilines is 1. The summed E-state index contributed by atoms with van der Waals surface area (Å²) in [4.78, 5) is 30.6. The molecule has 1 N–H and O–H groups in total. The Labute approximate surface area is 205 Å². The number of piperidine rings is 1. The highest BCUT2D eigenvalue weighted by Gasteiger charge is 2.38. The lowest BCUT2D eigenvalue weighted by molar-refractivity contribution is -0.122. The maximum absolute atomic E-state index is 14.0. The molecule has 0 spiro atoms. The fourth-order valence-electron chi connectivity index (χ4n) is 5.15. The van der Waals surface area contributed by atoms with Gasteiger partial charge in [-0.05, 0) is 61.7 Å². The Morgan fingerprint density at radius 3 is 2.34 bits per heavy atom. The molecule has 5 rings (SSSR count). The summed E-state index contributed by atoms with van der Waals surface area (Å²) >= 11 is 0. The van der Waals surface area contributed by atoms with Crippen molar-refractivity contribution in [2.24, 2.45) is 5.92 Å². The van der Waals surface area contributed by atoms with E-state index in [1.54, 1.807) is 23.1 Å². The molecular formula is C29H30FN3O2. The van der Waals surface area contributed by atoms with Gasteiger partial charge in [0.1, 0.15) is 11.9 Å². The number of hydrogen-bond donors (Lipinski definition) is 1. The van der Waals surface area contributed by atoms with Gasteiger partial charge in [-0.15, -0.1) is 0 Å². The number of benzene rings is 3. The minimum atomic E-state index is -0.554. The van der Waals surface area contributed by atoms with Crippen molar-refractivity contribution in [3.05, 3.63) is 101 Å². The van der Waals surface area contributed by atoms with Crippen LogP contribution in [-0.4, -0.2) is 42.4 Å². The van der Waals surface area contributed by atoms with E-state index in [0.29, 0.717) is 31.0 Å². The molecule has 5 nitrogen and oxygen atoms in total. The van der Waals surface area contributed by atoms with Gasteiger partial charge in [-0.25, -0.2) is 4.39 Å². The minimum Gasteiger partial charge on any atom is -0.354 e. The number of halogens is 1. The first-order valence-corrected chi connectivity index (χ1v) is 12.3. The second-order valence-corrected chi connectivity index (χ2v) is 9.45. The predicted molar refractivity (Wildman–Crippen MR) is 135 cm³/mol. The van der Waals surface area contributed by atoms with Crippen molar-refractivity contribution in [3.63, 3.8) is 0 Å². The van der Waals surface area contributed by atoms with E-state index in [0.717, 1.165) is 42.7 Å². The molecule has 2 aliphatic rings. The standard InChI is InChI=1S/C29H30FN3O2/c30-25-12-6-4-11-24(25)20-32-16-14-21(15-17-32)19-31-28(34)27-18-23-10-5-7-13-26(23)33(27)29(35)22-8-2-1-3-9-22/h1-13,21,27H,14-20H2,(H,31,34). The van der Waals surface area contributed by atoms with Crippen molar-refractivity contribution < 1.29 is 14.0 Å². The van der Waals surface area contributed by atoms with Gasteiger partial charge in [0.15, 0.2) is 0 Å². The molecule has 1 saturated heterocycles. The number of carbonyl (C=O) groups is 2. The molecule has 0 radical (unpaired) electrons. The average molecular weight is 472 g/mol. The zero-order valence-corrected chi connectivity index (χ0v) is 19.7. The molecule has 0 saturated carbocycles. The third-order valence-electron chi connectivity index (χ3n) is 7.14. The summed E-state index contributed by atoms with van der Waals surface area (Å²) in [5.74, 6) is -0.0525. The van der Waals surface area contributed by atoms with E-state index in [4.69, 9.17) is 0 Å². The van der Waals surface area contributed by atoms with E-state index in [9.17, 15) is 14.0 Å². The van der Waals surface area contributed by atoms with Crippen molar-refractivity contribution in [2.75, 3.05) is 24.5 Å². The summed E-state index contributed by atoms with van der Waals surface area (Å²) in [7, 11) is 0. The zero-order valence-electron chi connectivity index (χ0n) is 19.7. The number of amides is 2. The lowest BCUT2D eigenvalue weighted by Crippen LogP contribution is -2.49. The van der Waals surface area contributed by atoms with E-state index in [-0.39, 0.29) is 17.6 Å². The van der Waals surface area contributed by atoms with Crippen LogP contribution in [0.15, 0.2) is 78.9 Å². The summed E-state index contributed by atoms with van der Waals surface area (Å²) in [6, 6.07) is 23.2. The predicted octanol–water partition coefficient (Wildman–Crippen LogP) is 4.43. The summed E-state index contributed by atoms with van der Waals surface area (Å²) < 4.78 is 14.0. The van der Waals surface area contributed by atoms with Crippen LogP contribution in [0.4, 0.5) is 10.1 Å². The van der Waals surface area contributed by atoms with Gasteiger partial charge in [-0.1, -0.05) is 54.6 Å². The van der Waals surface area contributed by atoms with Gasteiger partial charge >= 0.3 is 0 Å². The van der Waals surface area contributed by atoms with Crippen LogP contribution in [0.5, 0.6) is 0 Å². The molecule has 0 aromatic heterocycles. The van der Waals surface area contributed by atoms with Crippen molar-refractivity contribution in [3.8, 4) is 0 Å². The number of fused-ring (bicyclic) bond motifs is 1. The summed E-state index contributed by atoms with van der Waals surface area (Å²) in [5.41, 5.74) is 3.12. The quantitative estimate of drug-likeness (QED) is 0.579. The Balaban J connectivity index is 1.19. The van der Waals surface area contributed by atoms with Crippen molar-refractivity contribution in [2.45, 2.75) is 31.8 Å². The Hall–Kier alpha value is -3.51. The third kappa shape index (κ3) is 5.13. The van der Waals surface area contributed by atoms with E-state index in [1.807, 2.05) is 54.6 Å². The molecule has 3 aromatic carbocycles. The normalized spacial score (nSPS) is 18.3. The Morgan fingerprint density at radius 1 is 0.886 bits per heavy atom. The maximum Gasteiger partial charge on any atom is 0.259 e. The largest absolute Gasteiger partial charge is 0.354 e. The van der Waals surface area contributed by atoms with Gasteiger partial charge < -0.3 is 5.32 Å². The second kappa shape index (κ2) is 10.4. The highest BCUT2D eigenvalue weighted by atomic mass is 19.1. The molecule has 0 aliphatic carbocycles. The number of para-hydroxylation sites is 1. The molecule has 1 unspecified atom stereocenters. The van der Waals surface area contributed by atoms with Crippen LogP contribution < -0.4 is 10.2 Å². The van der Waals surface area contributed by atoms with Gasteiger partial charge in [0, 0.05) is 36.3 Å². The first-order valence-electron chi connectivity index (χ1n) is 12.3. The number of hydrogen-bond acceptors (Lipinski definition) is 3. The van der Waals surface area contributed by atoms with Crippen LogP contribution >= 0.6 is 0 Å². The molecular weight excluding hydrogens is 441 g/mol. The lowest BCUT2D eigenvalue weighted by Gasteiger charge is -2.32. The van der Waals surface area contributed by atoms with Gasteiger partial charge in [0.25, 0.3) is 5.91 Å². The Kier molecular flexibility index (Phi) is 6.91. The SMILES string of the molecule is O=C(NCC1CCN(Cc2ccccc2F)CC1)C1Cc2ccccc2N1C(=O)c1ccccc1. The van der Waals surface area contributed by atoms with Crippen molar-refractivity contribution in [1.29, 1.82) is 0 Å². The molecule has 1 atom stereocenters. The van der Waals surface area contributed by atoms with Gasteiger partial charge in [-0.2, -0.15) is 0 Å². The van der Waals surface area contributed by atoms with Crippen LogP contribution in [0.3, 0.4) is 0 Å². The number of carbonyl (C=O) groups excluding carboxylic acids is 2. The number of nitrogens with zero attached hydrogens (tertiary/aromatic N) is 2. The highest BCUT2D eigenvalue weighted by molar-refractivity contribution is 6.11. The molecule has 3 aromatic rings. The lowest BCUT2D eigenvalue weighted by atomic mass is 9.96. The van der Waals surface area contributed by atoms with E-state index < -0.39 is 6.04 Å². The van der Waals surface area contributed by atoms with Crippen LogP contribution in [0, 0.1) is 11.7 Å². The Bertz CT molecular complexity index is 1190. The topological polar surface area (TPSA) is 52.7 Å². The van der Waals surface area contributed by atoms with Gasteiger partial charge in [0.2, 0.25) is 5.91 Å². The Morgan fingerprint density at radius 2 is 1.57 bits per heavy atom. The highest BCUT2D eigenvalue weighted by Crippen LogP contribution is 2.33. The van der Waals surface area contributed by atoms with Crippen LogP contribution in [0.1, 0.15) is 34.3 Å². The summed E-state index contributed by atoms with van der Waals surface area (Å²) in [6.07, 6.45) is 2.42. The molecule has 180 valence electrons. The molecule has 2 amide bonds. The first-order chi connectivity index (χ1) is 17.1. The molecule has 0 bridgehead atoms. The summed E-state index contributed by atoms with van der Waals surface area (Å²) in [6.45, 7) is 2.96. The fraction of sp³-hybridized carbons (Fsp3) is 0.310. The van der Waals surface area contributed by atoms with E-state index in [1.165, 1.54) is 6.07 Å². The molecule has 2 heterocycles. The smallest absolute Gasteiger partial charge is 0.259 e. The second-order valence-electron chi connectivity index (χ2n) is 9.45. The number of likely N-dealkylation sites (tertiary alicyclic amines) is 1. The molecule has 1 fully saturated rings.